The molecule has 0 aromatic rings. The molecule has 1 nitrogen and oxygen atoms in total. The lowest BCUT2D eigenvalue weighted by molar-refractivity contribution is 0.396. The summed E-state index contributed by atoms with van der Waals surface area (Å²) in [7, 11) is 0. The first-order valence-corrected chi connectivity index (χ1v) is 6.11. The van der Waals surface area contributed by atoms with Crippen molar-refractivity contribution in [1.29, 1.82) is 0 Å². The summed E-state index contributed by atoms with van der Waals surface area (Å²) in [5.41, 5.74) is 0. The monoisotopic (exact) mass is 205 g/mol. The summed E-state index contributed by atoms with van der Waals surface area (Å²) in [6, 6.07) is 0.698. The van der Waals surface area contributed by atoms with Crippen molar-refractivity contribution < 1.29 is 0 Å². The Hall–Kier alpha value is 0.250. The first-order chi connectivity index (χ1) is 6.28. The molecule has 0 amide bonds. The molecule has 0 saturated carbocycles. The fourth-order valence-corrected chi connectivity index (χ4v) is 1.82. The molecule has 0 saturated heterocycles. The molecule has 0 heterocycles. The van der Waals surface area contributed by atoms with Crippen molar-refractivity contribution >= 4 is 11.6 Å². The highest BCUT2D eigenvalue weighted by atomic mass is 35.5. The maximum absolute atomic E-state index is 5.73. The lowest BCUT2D eigenvalue weighted by Crippen LogP contribution is -2.32. The van der Waals surface area contributed by atoms with E-state index in [1.807, 2.05) is 0 Å². The smallest absolute Gasteiger partial charge is 0.0226 e. The van der Waals surface area contributed by atoms with Gasteiger partial charge in [-0.3, -0.25) is 0 Å². The molecule has 0 aliphatic rings. The fourth-order valence-electron chi connectivity index (χ4n) is 1.52. The Labute approximate surface area is 88.2 Å². The number of hydrogen-bond donors (Lipinski definition) is 1. The van der Waals surface area contributed by atoms with Crippen molar-refractivity contribution in [1.82, 2.24) is 5.32 Å². The van der Waals surface area contributed by atoms with E-state index in [9.17, 15) is 0 Å². The van der Waals surface area contributed by atoms with Crippen LogP contribution < -0.4 is 5.32 Å². The molecule has 2 heteroatoms. The molecule has 0 aromatic carbocycles. The predicted octanol–water partition coefficient (Wildman–Crippen LogP) is 3.42. The van der Waals surface area contributed by atoms with E-state index in [0.717, 1.165) is 24.8 Å². The highest BCUT2D eigenvalue weighted by molar-refractivity contribution is 6.17. The minimum absolute atomic E-state index is 0.698. The van der Waals surface area contributed by atoms with Gasteiger partial charge in [0, 0.05) is 11.9 Å². The molecule has 0 rings (SSSR count). The lowest BCUT2D eigenvalue weighted by atomic mass is 10.0. The summed E-state index contributed by atoms with van der Waals surface area (Å²) in [5, 5.41) is 3.60. The zero-order valence-corrected chi connectivity index (χ0v) is 10.0. The van der Waals surface area contributed by atoms with Crippen molar-refractivity contribution in [3.05, 3.63) is 0 Å². The highest BCUT2D eigenvalue weighted by Gasteiger charge is 2.08. The summed E-state index contributed by atoms with van der Waals surface area (Å²) < 4.78 is 0. The number of hydrogen-bond acceptors (Lipinski definition) is 1. The normalized spacial score (nSPS) is 13.6. The molecule has 0 spiro atoms. The summed E-state index contributed by atoms with van der Waals surface area (Å²) >= 11 is 5.73. The van der Waals surface area contributed by atoms with Crippen LogP contribution in [0.2, 0.25) is 0 Å². The van der Waals surface area contributed by atoms with Crippen LogP contribution in [0.1, 0.15) is 46.5 Å². The van der Waals surface area contributed by atoms with Crippen molar-refractivity contribution in [2.24, 2.45) is 5.92 Å². The Morgan fingerprint density at radius 2 is 1.69 bits per heavy atom. The Morgan fingerprint density at radius 3 is 2.08 bits per heavy atom. The van der Waals surface area contributed by atoms with E-state index in [1.54, 1.807) is 0 Å². The van der Waals surface area contributed by atoms with Gasteiger partial charge < -0.3 is 5.32 Å². The van der Waals surface area contributed by atoms with Crippen LogP contribution in [0, 0.1) is 5.92 Å². The quantitative estimate of drug-likeness (QED) is 0.599. The van der Waals surface area contributed by atoms with Gasteiger partial charge in [-0.15, -0.1) is 11.6 Å². The zero-order valence-electron chi connectivity index (χ0n) is 9.28. The minimum Gasteiger partial charge on any atom is -0.314 e. The second kappa shape index (κ2) is 8.83. The van der Waals surface area contributed by atoms with Crippen LogP contribution >= 0.6 is 11.6 Å². The number of halogens is 1. The van der Waals surface area contributed by atoms with Gasteiger partial charge in [0.1, 0.15) is 0 Å². The average molecular weight is 206 g/mol. The Balaban J connectivity index is 3.56. The van der Waals surface area contributed by atoms with Gasteiger partial charge in [-0.1, -0.05) is 27.2 Å². The zero-order chi connectivity index (χ0) is 10.1. The predicted molar refractivity (Wildman–Crippen MR) is 61.5 cm³/mol. The van der Waals surface area contributed by atoms with Crippen LogP contribution in [0.5, 0.6) is 0 Å². The molecule has 0 radical (unpaired) electrons. The van der Waals surface area contributed by atoms with Gasteiger partial charge in [0.15, 0.2) is 0 Å². The molecule has 1 atom stereocenters. The topological polar surface area (TPSA) is 12.0 Å². The second-order valence-corrected chi connectivity index (χ2v) is 4.05. The molecule has 80 valence electrons. The molecule has 1 N–H and O–H groups in total. The SMILES string of the molecule is CCC(CCCl)CNC(CC)CC. The molecular weight excluding hydrogens is 182 g/mol. The van der Waals surface area contributed by atoms with Crippen LogP contribution in [0.15, 0.2) is 0 Å². The van der Waals surface area contributed by atoms with Gasteiger partial charge in [0.25, 0.3) is 0 Å². The standard InChI is InChI=1S/C11H24ClN/c1-4-10(7-8-12)9-13-11(5-2)6-3/h10-11,13H,4-9H2,1-3H3. The second-order valence-electron chi connectivity index (χ2n) is 3.67. The van der Waals surface area contributed by atoms with Gasteiger partial charge in [0.2, 0.25) is 0 Å². The van der Waals surface area contributed by atoms with Gasteiger partial charge in [-0.05, 0) is 31.7 Å². The van der Waals surface area contributed by atoms with Crippen LogP contribution in [0.4, 0.5) is 0 Å². The molecule has 1 unspecified atom stereocenters. The Morgan fingerprint density at radius 1 is 1.08 bits per heavy atom. The largest absolute Gasteiger partial charge is 0.314 e. The van der Waals surface area contributed by atoms with Crippen LogP contribution in [-0.2, 0) is 0 Å². The molecule has 13 heavy (non-hydrogen) atoms. The highest BCUT2D eigenvalue weighted by Crippen LogP contribution is 2.08. The molecule has 0 bridgehead atoms. The molecule has 0 aliphatic heterocycles. The van der Waals surface area contributed by atoms with Crippen molar-refractivity contribution in [2.75, 3.05) is 12.4 Å². The van der Waals surface area contributed by atoms with Crippen LogP contribution in [0.3, 0.4) is 0 Å². The van der Waals surface area contributed by atoms with Gasteiger partial charge in [-0.2, -0.15) is 0 Å². The maximum atomic E-state index is 5.73. The third-order valence-corrected chi connectivity index (χ3v) is 2.99. The molecule has 0 aromatic heterocycles. The van der Waals surface area contributed by atoms with Crippen LogP contribution in [-0.4, -0.2) is 18.5 Å². The first-order valence-electron chi connectivity index (χ1n) is 5.57. The molecule has 0 aliphatic carbocycles. The molecular formula is C11H24ClN. The summed E-state index contributed by atoms with van der Waals surface area (Å²) in [6.07, 6.45) is 4.84. The third-order valence-electron chi connectivity index (χ3n) is 2.78. The number of alkyl halides is 1. The van der Waals surface area contributed by atoms with E-state index in [-0.39, 0.29) is 0 Å². The third kappa shape index (κ3) is 6.34. The van der Waals surface area contributed by atoms with Crippen LogP contribution in [0.25, 0.3) is 0 Å². The van der Waals surface area contributed by atoms with E-state index in [1.165, 1.54) is 19.3 Å². The van der Waals surface area contributed by atoms with E-state index in [4.69, 9.17) is 11.6 Å². The van der Waals surface area contributed by atoms with Crippen molar-refractivity contribution in [3.8, 4) is 0 Å². The lowest BCUT2D eigenvalue weighted by Gasteiger charge is -2.19. The Kier molecular flexibility index (Phi) is 9.00. The summed E-state index contributed by atoms with van der Waals surface area (Å²) in [5.74, 6) is 1.56. The van der Waals surface area contributed by atoms with Crippen molar-refractivity contribution in [2.45, 2.75) is 52.5 Å². The average Bonchev–Trinajstić information content (AvgIpc) is 2.17. The molecule has 0 fully saturated rings. The van der Waals surface area contributed by atoms with Crippen molar-refractivity contribution in [3.63, 3.8) is 0 Å². The van der Waals surface area contributed by atoms with Gasteiger partial charge in [-0.25, -0.2) is 0 Å². The minimum atomic E-state index is 0.698. The first kappa shape index (κ1) is 13.2. The van der Waals surface area contributed by atoms with Gasteiger partial charge >= 0.3 is 0 Å². The van der Waals surface area contributed by atoms with E-state index < -0.39 is 0 Å². The Bertz CT molecular complexity index is 102. The maximum Gasteiger partial charge on any atom is 0.0226 e. The summed E-state index contributed by atoms with van der Waals surface area (Å²) in [4.78, 5) is 0. The van der Waals surface area contributed by atoms with E-state index >= 15 is 0 Å². The van der Waals surface area contributed by atoms with E-state index in [0.29, 0.717) is 6.04 Å². The fraction of sp³-hybridized carbons (Fsp3) is 1.00. The summed E-state index contributed by atoms with van der Waals surface area (Å²) in [6.45, 7) is 7.86. The number of nitrogens with one attached hydrogen (secondary N) is 1. The van der Waals surface area contributed by atoms with Gasteiger partial charge in [0.05, 0.1) is 0 Å². The van der Waals surface area contributed by atoms with E-state index in [2.05, 4.69) is 26.1 Å². The number of rotatable bonds is 8.